The van der Waals surface area contributed by atoms with Gasteiger partial charge in [0.2, 0.25) is 5.91 Å². The molecule has 1 spiro atoms. The summed E-state index contributed by atoms with van der Waals surface area (Å²) in [5.74, 6) is 0.107. The molecular weight excluding hydrogens is 354 g/mol. The molecule has 2 N–H and O–H groups in total. The van der Waals surface area contributed by atoms with Gasteiger partial charge in [-0.1, -0.05) is 57.3 Å². The number of ether oxygens (including phenoxy) is 1. The van der Waals surface area contributed by atoms with E-state index < -0.39 is 17.9 Å². The third-order valence-electron chi connectivity index (χ3n) is 5.17. The number of unbranched alkanes of at least 4 members (excludes halogenated alkanes) is 3. The van der Waals surface area contributed by atoms with Gasteiger partial charge >= 0.3 is 0 Å². The summed E-state index contributed by atoms with van der Waals surface area (Å²) in [6.45, 7) is 6.40. The lowest BCUT2D eigenvalue weighted by molar-refractivity contribution is -0.126. The fourth-order valence-electron chi connectivity index (χ4n) is 3.61. The first-order chi connectivity index (χ1) is 13.3. The minimum absolute atomic E-state index is 0.110. The highest BCUT2D eigenvalue weighted by molar-refractivity contribution is 6.00. The van der Waals surface area contributed by atoms with E-state index >= 15 is 0 Å². The Balaban J connectivity index is 1.81. The van der Waals surface area contributed by atoms with Crippen LogP contribution in [0.15, 0.2) is 48.1 Å². The zero-order chi connectivity index (χ0) is 20.6. The summed E-state index contributed by atoms with van der Waals surface area (Å²) in [4.78, 5) is 23.5. The molecule has 154 valence electrons. The molecular formula is C23H33NO4. The van der Waals surface area contributed by atoms with E-state index in [-0.39, 0.29) is 11.7 Å². The zero-order valence-corrected chi connectivity index (χ0v) is 17.2. The lowest BCUT2D eigenvalue weighted by Crippen LogP contribution is -2.39. The van der Waals surface area contributed by atoms with Crippen molar-refractivity contribution in [2.75, 3.05) is 0 Å². The lowest BCUT2D eigenvalue weighted by atomic mass is 9.92. The van der Waals surface area contributed by atoms with Crippen LogP contribution in [0.4, 0.5) is 0 Å². The molecule has 1 aliphatic carbocycles. The maximum atomic E-state index is 12.2. The van der Waals surface area contributed by atoms with Crippen LogP contribution in [0, 0.1) is 5.92 Å². The van der Waals surface area contributed by atoms with Gasteiger partial charge < -0.3 is 15.2 Å². The van der Waals surface area contributed by atoms with Crippen molar-refractivity contribution >= 4 is 11.7 Å². The smallest absolute Gasteiger partial charge is 0.244 e. The van der Waals surface area contributed by atoms with Gasteiger partial charge in [0.25, 0.3) is 0 Å². The molecule has 0 saturated carbocycles. The number of rotatable bonds is 9. The van der Waals surface area contributed by atoms with E-state index in [0.717, 1.165) is 12.0 Å². The quantitative estimate of drug-likeness (QED) is 0.359. The summed E-state index contributed by atoms with van der Waals surface area (Å²) in [6.07, 6.45) is 17.1. The van der Waals surface area contributed by atoms with Crippen LogP contribution in [0.25, 0.3) is 0 Å². The number of aliphatic hydroxyl groups excluding tert-OH is 1. The Kier molecular flexibility index (Phi) is 8.39. The molecule has 5 heteroatoms. The van der Waals surface area contributed by atoms with E-state index in [1.807, 2.05) is 6.92 Å². The third-order valence-corrected chi connectivity index (χ3v) is 5.17. The molecule has 0 bridgehead atoms. The number of carbonyl (C=O) groups excluding carboxylic acids is 2. The Bertz CT molecular complexity index is 658. The second kappa shape index (κ2) is 10.5. The summed E-state index contributed by atoms with van der Waals surface area (Å²) < 4.78 is 5.56. The average Bonchev–Trinajstić information content (AvgIpc) is 2.95. The second-order valence-electron chi connectivity index (χ2n) is 7.92. The molecule has 3 atom stereocenters. The van der Waals surface area contributed by atoms with Gasteiger partial charge in [0.15, 0.2) is 12.1 Å². The highest BCUT2D eigenvalue weighted by atomic mass is 16.6. The van der Waals surface area contributed by atoms with Crippen molar-refractivity contribution in [3.05, 3.63) is 48.1 Å². The molecule has 0 aromatic carbocycles. The fourth-order valence-corrected chi connectivity index (χ4v) is 3.61. The van der Waals surface area contributed by atoms with Crippen LogP contribution in [-0.2, 0) is 14.3 Å². The van der Waals surface area contributed by atoms with Crippen LogP contribution in [-0.4, -0.2) is 34.7 Å². The summed E-state index contributed by atoms with van der Waals surface area (Å²) >= 11 is 0. The molecule has 2 aliphatic rings. The molecule has 0 aromatic rings. The molecule has 0 radical (unpaired) electrons. The third kappa shape index (κ3) is 6.88. The number of ketones is 1. The van der Waals surface area contributed by atoms with Crippen molar-refractivity contribution in [3.63, 3.8) is 0 Å². The molecule has 1 aliphatic heterocycles. The van der Waals surface area contributed by atoms with Crippen LogP contribution in [0.5, 0.6) is 0 Å². The predicted molar refractivity (Wildman–Crippen MR) is 110 cm³/mol. The largest absolute Gasteiger partial charge is 0.366 e. The zero-order valence-electron chi connectivity index (χ0n) is 17.2. The van der Waals surface area contributed by atoms with E-state index in [0.29, 0.717) is 12.3 Å². The van der Waals surface area contributed by atoms with Gasteiger partial charge in [-0.05, 0) is 43.6 Å². The molecule has 2 rings (SSSR count). The van der Waals surface area contributed by atoms with Gasteiger partial charge in [0, 0.05) is 12.5 Å². The van der Waals surface area contributed by atoms with Gasteiger partial charge in [-0.2, -0.15) is 0 Å². The first-order valence-corrected chi connectivity index (χ1v) is 10.3. The van der Waals surface area contributed by atoms with E-state index in [1.54, 1.807) is 18.2 Å². The van der Waals surface area contributed by atoms with Gasteiger partial charge in [-0.25, -0.2) is 0 Å². The van der Waals surface area contributed by atoms with E-state index in [4.69, 9.17) is 4.74 Å². The number of amides is 1. The van der Waals surface area contributed by atoms with Gasteiger partial charge in [-0.3, -0.25) is 9.59 Å². The first-order valence-electron chi connectivity index (χ1n) is 10.3. The Morgan fingerprint density at radius 1 is 1.32 bits per heavy atom. The van der Waals surface area contributed by atoms with Crippen molar-refractivity contribution in [1.29, 1.82) is 0 Å². The average molecular weight is 388 g/mol. The summed E-state index contributed by atoms with van der Waals surface area (Å²) in [7, 11) is 0. The molecule has 1 amide bonds. The standard InChI is InChI=1S/C23H33NO4/c1-4-5-6-7-8-17(2)15-18(3)9-10-21(26)24-20-16-23(28-22(20)27)13-11-19(25)12-14-23/h9-15,17,20,22,27H,4-8,16H2,1-3H3,(H,24,26)/b10-9+,18-15+/t17-,20+,22-/m1/s1. The summed E-state index contributed by atoms with van der Waals surface area (Å²) in [5.41, 5.74) is 0.229. The molecule has 0 unspecified atom stereocenters. The highest BCUT2D eigenvalue weighted by Crippen LogP contribution is 2.34. The maximum Gasteiger partial charge on any atom is 0.244 e. The minimum Gasteiger partial charge on any atom is -0.366 e. The van der Waals surface area contributed by atoms with Crippen molar-refractivity contribution in [2.45, 2.75) is 77.2 Å². The van der Waals surface area contributed by atoms with Gasteiger partial charge in [0.1, 0.15) is 5.60 Å². The van der Waals surface area contributed by atoms with Crippen LogP contribution in [0.2, 0.25) is 0 Å². The summed E-state index contributed by atoms with van der Waals surface area (Å²) in [6, 6.07) is -0.526. The number of aliphatic hydroxyl groups is 1. The van der Waals surface area contributed by atoms with Crippen molar-refractivity contribution < 1.29 is 19.4 Å². The Morgan fingerprint density at radius 3 is 2.71 bits per heavy atom. The number of hydrogen-bond donors (Lipinski definition) is 2. The molecule has 28 heavy (non-hydrogen) atoms. The maximum absolute atomic E-state index is 12.2. The van der Waals surface area contributed by atoms with Crippen molar-refractivity contribution in [1.82, 2.24) is 5.32 Å². The molecule has 5 nitrogen and oxygen atoms in total. The van der Waals surface area contributed by atoms with E-state index in [2.05, 4.69) is 25.2 Å². The lowest BCUT2D eigenvalue weighted by Gasteiger charge is -2.22. The van der Waals surface area contributed by atoms with E-state index in [9.17, 15) is 14.7 Å². The van der Waals surface area contributed by atoms with Gasteiger partial charge in [-0.15, -0.1) is 0 Å². The Morgan fingerprint density at radius 2 is 2.04 bits per heavy atom. The minimum atomic E-state index is -1.11. The topological polar surface area (TPSA) is 75.6 Å². The number of allylic oxidation sites excluding steroid dienone is 5. The van der Waals surface area contributed by atoms with Crippen molar-refractivity contribution in [3.8, 4) is 0 Å². The Labute approximate surface area is 168 Å². The van der Waals surface area contributed by atoms with Gasteiger partial charge in [0.05, 0.1) is 6.04 Å². The normalized spacial score (nSPS) is 25.0. The van der Waals surface area contributed by atoms with Crippen molar-refractivity contribution in [2.24, 2.45) is 5.92 Å². The number of hydrogen-bond acceptors (Lipinski definition) is 4. The van der Waals surface area contributed by atoms with E-state index in [1.165, 1.54) is 43.9 Å². The second-order valence-corrected chi connectivity index (χ2v) is 7.92. The first kappa shape index (κ1) is 22.3. The van der Waals surface area contributed by atoms with Crippen LogP contribution < -0.4 is 5.32 Å². The highest BCUT2D eigenvalue weighted by Gasteiger charge is 2.44. The Hall–Kier alpha value is -1.98. The number of carbonyl (C=O) groups is 2. The SMILES string of the molecule is CCCCCC[C@@H](C)/C=C(C)/C=C/C(=O)N[C@H]1CC2(C=CC(=O)C=C2)O[C@H]1O. The van der Waals surface area contributed by atoms with Crippen LogP contribution in [0.3, 0.4) is 0 Å². The number of nitrogens with one attached hydrogen (secondary N) is 1. The fraction of sp³-hybridized carbons (Fsp3) is 0.565. The van der Waals surface area contributed by atoms with Crippen LogP contribution in [0.1, 0.15) is 59.3 Å². The molecule has 1 fully saturated rings. The monoisotopic (exact) mass is 387 g/mol. The molecule has 0 aromatic heterocycles. The molecule has 1 heterocycles. The molecule has 1 saturated heterocycles. The summed E-state index contributed by atoms with van der Waals surface area (Å²) in [5, 5.41) is 12.9. The predicted octanol–water partition coefficient (Wildman–Crippen LogP) is 3.75. The van der Waals surface area contributed by atoms with Crippen LogP contribution >= 0.6 is 0 Å².